The van der Waals surface area contributed by atoms with Crippen molar-refractivity contribution in [3.8, 4) is 5.69 Å². The summed E-state index contributed by atoms with van der Waals surface area (Å²) in [5, 5.41) is 7.70. The van der Waals surface area contributed by atoms with Gasteiger partial charge in [-0.3, -0.25) is 4.99 Å². The zero-order chi connectivity index (χ0) is 17.9. The summed E-state index contributed by atoms with van der Waals surface area (Å²) in [5.41, 5.74) is 9.26. The van der Waals surface area contributed by atoms with Crippen LogP contribution in [0.5, 0.6) is 0 Å². The van der Waals surface area contributed by atoms with Gasteiger partial charge >= 0.3 is 0 Å². The lowest BCUT2D eigenvalue weighted by Gasteiger charge is -2.05. The van der Waals surface area contributed by atoms with Crippen molar-refractivity contribution in [1.29, 1.82) is 0 Å². The van der Waals surface area contributed by atoms with Gasteiger partial charge in [-0.25, -0.2) is 4.68 Å². The highest BCUT2D eigenvalue weighted by Gasteiger charge is 2.05. The molecular weight excluding hydrogens is 441 g/mol. The van der Waals surface area contributed by atoms with Gasteiger partial charge in [-0.2, -0.15) is 5.10 Å². The Hall–Kier alpha value is -1.61. The Morgan fingerprint density at radius 2 is 2.04 bits per heavy atom. The maximum atomic E-state index is 5.86. The number of para-hydroxylation sites is 1. The lowest BCUT2D eigenvalue weighted by molar-refractivity contribution is 0.145. The standard InChI is InChI=1S/C19H29N5O.HI/c1-3-25-14-8-13-22-19(20)21-12-7-9-17-15-24(23-16(17)2)18-10-5-4-6-11-18;/h4-6,10-11,15H,3,7-9,12-14H2,1-2H3,(H3,20,21,22);1H. The van der Waals surface area contributed by atoms with E-state index in [-0.39, 0.29) is 24.0 Å². The average Bonchev–Trinajstić information content (AvgIpc) is 3.00. The first-order valence-electron chi connectivity index (χ1n) is 8.92. The number of aromatic nitrogens is 2. The van der Waals surface area contributed by atoms with Crippen LogP contribution in [-0.2, 0) is 11.2 Å². The van der Waals surface area contributed by atoms with Gasteiger partial charge in [-0.1, -0.05) is 18.2 Å². The van der Waals surface area contributed by atoms with Crippen molar-refractivity contribution in [2.45, 2.75) is 33.1 Å². The second-order valence-electron chi connectivity index (χ2n) is 5.87. The lowest BCUT2D eigenvalue weighted by atomic mass is 10.1. The van der Waals surface area contributed by atoms with Crippen LogP contribution in [0.15, 0.2) is 41.5 Å². The number of halogens is 1. The van der Waals surface area contributed by atoms with Crippen LogP contribution in [-0.4, -0.2) is 42.0 Å². The minimum absolute atomic E-state index is 0. The zero-order valence-electron chi connectivity index (χ0n) is 15.6. The van der Waals surface area contributed by atoms with Crippen LogP contribution in [0.1, 0.15) is 31.0 Å². The first-order chi connectivity index (χ1) is 12.2. The Morgan fingerprint density at radius 1 is 1.27 bits per heavy atom. The number of aliphatic imine (C=N–C) groups is 1. The number of aryl methyl sites for hydroxylation is 2. The molecule has 0 saturated heterocycles. The number of hydrogen-bond donors (Lipinski definition) is 2. The molecule has 0 aliphatic heterocycles. The molecule has 0 fully saturated rings. The van der Waals surface area contributed by atoms with Gasteiger partial charge in [0.05, 0.1) is 11.4 Å². The minimum atomic E-state index is 0. The molecule has 1 aromatic carbocycles. The molecule has 0 bridgehead atoms. The van der Waals surface area contributed by atoms with E-state index in [1.807, 2.05) is 36.7 Å². The quantitative estimate of drug-likeness (QED) is 0.242. The van der Waals surface area contributed by atoms with Gasteiger partial charge in [-0.15, -0.1) is 24.0 Å². The number of hydrogen-bond acceptors (Lipinski definition) is 3. The molecule has 3 N–H and O–H groups in total. The monoisotopic (exact) mass is 471 g/mol. The van der Waals surface area contributed by atoms with E-state index in [0.717, 1.165) is 50.4 Å². The normalized spacial score (nSPS) is 11.2. The van der Waals surface area contributed by atoms with Crippen LogP contribution in [0.2, 0.25) is 0 Å². The largest absolute Gasteiger partial charge is 0.382 e. The molecule has 0 unspecified atom stereocenters. The summed E-state index contributed by atoms with van der Waals surface area (Å²) in [7, 11) is 0. The summed E-state index contributed by atoms with van der Waals surface area (Å²) >= 11 is 0. The van der Waals surface area contributed by atoms with Crippen molar-refractivity contribution in [3.63, 3.8) is 0 Å². The number of rotatable bonds is 10. The Labute approximate surface area is 173 Å². The average molecular weight is 471 g/mol. The van der Waals surface area contributed by atoms with E-state index in [0.29, 0.717) is 12.5 Å². The van der Waals surface area contributed by atoms with Crippen LogP contribution in [0, 0.1) is 6.92 Å². The van der Waals surface area contributed by atoms with E-state index >= 15 is 0 Å². The van der Waals surface area contributed by atoms with E-state index in [9.17, 15) is 0 Å². The third kappa shape index (κ3) is 7.74. The van der Waals surface area contributed by atoms with Crippen LogP contribution in [0.25, 0.3) is 5.69 Å². The predicted molar refractivity (Wildman–Crippen MR) is 118 cm³/mol. The third-order valence-electron chi connectivity index (χ3n) is 3.88. The van der Waals surface area contributed by atoms with Gasteiger partial charge in [-0.05, 0) is 50.8 Å². The van der Waals surface area contributed by atoms with Crippen molar-refractivity contribution in [2.75, 3.05) is 26.3 Å². The SMILES string of the molecule is CCOCCCNC(N)=NCCCc1cn(-c2ccccc2)nc1C.I. The summed E-state index contributed by atoms with van der Waals surface area (Å²) < 4.78 is 7.21. The fraction of sp³-hybridized carbons (Fsp3) is 0.474. The van der Waals surface area contributed by atoms with Crippen LogP contribution >= 0.6 is 24.0 Å². The molecular formula is C19H30IN5O. The van der Waals surface area contributed by atoms with E-state index in [4.69, 9.17) is 10.5 Å². The van der Waals surface area contributed by atoms with Crippen molar-refractivity contribution < 1.29 is 4.74 Å². The van der Waals surface area contributed by atoms with Crippen LogP contribution in [0.3, 0.4) is 0 Å². The van der Waals surface area contributed by atoms with Crippen LogP contribution < -0.4 is 11.1 Å². The number of guanidine groups is 1. The molecule has 2 aromatic rings. The Morgan fingerprint density at radius 3 is 2.77 bits per heavy atom. The third-order valence-corrected chi connectivity index (χ3v) is 3.88. The Balaban J connectivity index is 0.00000338. The van der Waals surface area contributed by atoms with Crippen molar-refractivity contribution in [3.05, 3.63) is 47.8 Å². The van der Waals surface area contributed by atoms with Crippen molar-refractivity contribution in [2.24, 2.45) is 10.7 Å². The smallest absolute Gasteiger partial charge is 0.188 e. The molecule has 7 heteroatoms. The summed E-state index contributed by atoms with van der Waals surface area (Å²) in [5.74, 6) is 0.508. The predicted octanol–water partition coefficient (Wildman–Crippen LogP) is 3.06. The summed E-state index contributed by atoms with van der Waals surface area (Å²) in [6, 6.07) is 10.2. The number of nitrogens with two attached hydrogens (primary N) is 1. The Kier molecular flexibility index (Phi) is 11.0. The first-order valence-corrected chi connectivity index (χ1v) is 8.92. The highest BCUT2D eigenvalue weighted by atomic mass is 127. The van der Waals surface area contributed by atoms with Crippen LogP contribution in [0.4, 0.5) is 0 Å². The zero-order valence-corrected chi connectivity index (χ0v) is 18.0. The molecule has 0 amide bonds. The molecule has 0 atom stereocenters. The fourth-order valence-corrected chi connectivity index (χ4v) is 2.51. The maximum Gasteiger partial charge on any atom is 0.188 e. The molecule has 0 radical (unpaired) electrons. The fourth-order valence-electron chi connectivity index (χ4n) is 2.51. The highest BCUT2D eigenvalue weighted by Crippen LogP contribution is 2.13. The number of benzene rings is 1. The number of nitrogens with zero attached hydrogens (tertiary/aromatic N) is 3. The molecule has 6 nitrogen and oxygen atoms in total. The molecule has 0 saturated carbocycles. The topological polar surface area (TPSA) is 77.5 Å². The van der Waals surface area contributed by atoms with Crippen molar-refractivity contribution in [1.82, 2.24) is 15.1 Å². The minimum Gasteiger partial charge on any atom is -0.382 e. The molecule has 144 valence electrons. The Bertz CT molecular complexity index is 657. The molecule has 1 aromatic heterocycles. The molecule has 2 rings (SSSR count). The van der Waals surface area contributed by atoms with Gasteiger partial charge in [0.1, 0.15) is 0 Å². The van der Waals surface area contributed by atoms with Gasteiger partial charge in [0, 0.05) is 32.5 Å². The molecule has 0 aliphatic rings. The van der Waals surface area contributed by atoms with Gasteiger partial charge < -0.3 is 15.8 Å². The number of nitrogens with one attached hydrogen (secondary N) is 1. The maximum absolute atomic E-state index is 5.86. The van der Waals surface area contributed by atoms with Gasteiger partial charge in [0.2, 0.25) is 0 Å². The van der Waals surface area contributed by atoms with E-state index in [1.54, 1.807) is 0 Å². The highest BCUT2D eigenvalue weighted by molar-refractivity contribution is 14.0. The van der Waals surface area contributed by atoms with E-state index in [2.05, 4.69) is 33.7 Å². The summed E-state index contributed by atoms with van der Waals surface area (Å²) in [6.07, 6.45) is 4.92. The molecule has 0 spiro atoms. The summed E-state index contributed by atoms with van der Waals surface area (Å²) in [4.78, 5) is 4.37. The molecule has 1 heterocycles. The number of ether oxygens (including phenoxy) is 1. The lowest BCUT2D eigenvalue weighted by Crippen LogP contribution is -2.33. The molecule has 0 aliphatic carbocycles. The second kappa shape index (κ2) is 12.7. The first kappa shape index (κ1) is 22.4. The van der Waals surface area contributed by atoms with E-state index in [1.165, 1.54) is 5.56 Å². The molecule has 26 heavy (non-hydrogen) atoms. The van der Waals surface area contributed by atoms with Gasteiger partial charge in [0.25, 0.3) is 0 Å². The van der Waals surface area contributed by atoms with Crippen molar-refractivity contribution >= 4 is 29.9 Å². The van der Waals surface area contributed by atoms with Gasteiger partial charge in [0.15, 0.2) is 5.96 Å². The summed E-state index contributed by atoms with van der Waals surface area (Å²) in [6.45, 7) is 7.05. The second-order valence-corrected chi connectivity index (χ2v) is 5.87. The van der Waals surface area contributed by atoms with E-state index < -0.39 is 0 Å².